The van der Waals surface area contributed by atoms with Gasteiger partial charge in [-0.05, 0) is 18.2 Å². The maximum atomic E-state index is 14.5. The first-order valence-electron chi connectivity index (χ1n) is 12.9. The number of hydrogen-bond donors (Lipinski definition) is 0. The van der Waals surface area contributed by atoms with Crippen LogP contribution in [-0.2, 0) is 45.2 Å². The fourth-order valence-electron chi connectivity index (χ4n) is 4.59. The van der Waals surface area contributed by atoms with Gasteiger partial charge in [-0.3, -0.25) is 0 Å². The molecule has 1 aromatic carbocycles. The smallest absolute Gasteiger partial charge is 0.371 e. The fourth-order valence-corrected chi connectivity index (χ4v) is 4.59. The molecule has 3 heterocycles. The largest absolute Gasteiger partial charge is 0.430 e. The van der Waals surface area contributed by atoms with Gasteiger partial charge >= 0.3 is 37.1 Å². The monoisotopic (exact) mass is 744 g/mol. The summed E-state index contributed by atoms with van der Waals surface area (Å²) in [5.41, 5.74) is -27.7. The van der Waals surface area contributed by atoms with Crippen LogP contribution < -0.4 is 0 Å². The lowest BCUT2D eigenvalue weighted by Gasteiger charge is -2.42. The van der Waals surface area contributed by atoms with E-state index in [0.717, 1.165) is 0 Å². The van der Waals surface area contributed by atoms with Crippen molar-refractivity contribution in [3.05, 3.63) is 34.9 Å². The van der Waals surface area contributed by atoms with E-state index in [1.807, 2.05) is 0 Å². The maximum absolute atomic E-state index is 14.5. The van der Waals surface area contributed by atoms with Crippen LogP contribution in [0, 0.1) is 0 Å². The van der Waals surface area contributed by atoms with E-state index in [2.05, 4.69) is 28.4 Å². The molecule has 3 unspecified atom stereocenters. The van der Waals surface area contributed by atoms with Crippen molar-refractivity contribution in [3.63, 3.8) is 0 Å². The van der Waals surface area contributed by atoms with Crippen molar-refractivity contribution in [1.82, 2.24) is 0 Å². The van der Waals surface area contributed by atoms with Gasteiger partial charge in [0.2, 0.25) is 0 Å². The average molecular weight is 744 g/mol. The molecule has 3 saturated heterocycles. The molecule has 3 atom stereocenters. The first-order valence-corrected chi connectivity index (χ1v) is 12.9. The van der Waals surface area contributed by atoms with Gasteiger partial charge in [-0.25, -0.2) is 0 Å². The van der Waals surface area contributed by atoms with Crippen LogP contribution in [-0.4, -0.2) is 95.0 Å². The van der Waals surface area contributed by atoms with Crippen LogP contribution >= 0.6 is 0 Å². The van der Waals surface area contributed by atoms with Crippen LogP contribution in [0.25, 0.3) is 0 Å². The minimum absolute atomic E-state index is 0.582. The van der Waals surface area contributed by atoms with Crippen LogP contribution in [0.5, 0.6) is 0 Å². The quantitative estimate of drug-likeness (QED) is 0.172. The van der Waals surface area contributed by atoms with Crippen molar-refractivity contribution in [2.45, 2.75) is 72.2 Å². The third kappa shape index (κ3) is 6.75. The zero-order valence-corrected chi connectivity index (χ0v) is 23.0. The molecule has 0 bridgehead atoms. The molecular weight excluding hydrogens is 726 g/mol. The second-order valence-electron chi connectivity index (χ2n) is 10.6. The van der Waals surface area contributed by atoms with Gasteiger partial charge in [-0.2, -0.15) is 79.0 Å². The molecule has 0 radical (unpaired) electrons. The number of rotatable bonds is 12. The molecule has 0 spiro atoms. The standard InChI is InChI=1S/C24H18F18O6/c25-19(26,27)16(20(28,29)30,46-7-13-4-43-13)10-1-11(17(21(31,32)33,22(34,35)36)47-8-14-5-44-14)3-12(2-10)18(23(37,38)39,24(40,41)42)48-9-15-6-45-15/h1-3,13-15H,4-9H2. The van der Waals surface area contributed by atoms with Gasteiger partial charge in [0.05, 0.1) is 39.6 Å². The van der Waals surface area contributed by atoms with E-state index in [4.69, 9.17) is 0 Å². The van der Waals surface area contributed by atoms with Gasteiger partial charge in [0.1, 0.15) is 18.3 Å². The summed E-state index contributed by atoms with van der Waals surface area (Å²) in [6, 6.07) is -3.56. The Balaban J connectivity index is 2.20. The van der Waals surface area contributed by atoms with Crippen molar-refractivity contribution < 1.29 is 107 Å². The lowest BCUT2D eigenvalue weighted by molar-refractivity contribution is -0.393. The second-order valence-corrected chi connectivity index (χ2v) is 10.6. The number of ether oxygens (including phenoxy) is 6. The predicted octanol–water partition coefficient (Wildman–Crippen LogP) is 6.89. The van der Waals surface area contributed by atoms with Gasteiger partial charge in [-0.1, -0.05) is 0 Å². The van der Waals surface area contributed by atoms with Crippen LogP contribution in [0.2, 0.25) is 0 Å². The molecule has 0 aromatic heterocycles. The van der Waals surface area contributed by atoms with E-state index in [9.17, 15) is 79.0 Å². The fraction of sp³-hybridized carbons (Fsp3) is 0.750. The second kappa shape index (κ2) is 11.9. The van der Waals surface area contributed by atoms with Gasteiger partial charge in [-0.15, -0.1) is 0 Å². The van der Waals surface area contributed by atoms with Crippen LogP contribution in [0.3, 0.4) is 0 Å². The molecule has 48 heavy (non-hydrogen) atoms. The Bertz CT molecular complexity index is 1090. The van der Waals surface area contributed by atoms with E-state index in [0.29, 0.717) is 0 Å². The maximum Gasteiger partial charge on any atom is 0.430 e. The van der Waals surface area contributed by atoms with Gasteiger partial charge in [0.25, 0.3) is 16.8 Å². The summed E-state index contributed by atoms with van der Waals surface area (Å²) in [6.45, 7) is -7.09. The van der Waals surface area contributed by atoms with Crippen molar-refractivity contribution in [2.75, 3.05) is 39.6 Å². The molecule has 3 fully saturated rings. The molecule has 6 nitrogen and oxygen atoms in total. The number of alkyl halides is 18. The molecule has 24 heteroatoms. The molecule has 0 amide bonds. The Morgan fingerprint density at radius 2 is 0.562 bits per heavy atom. The zero-order chi connectivity index (χ0) is 36.6. The molecule has 3 aliphatic rings. The molecule has 276 valence electrons. The van der Waals surface area contributed by atoms with E-state index >= 15 is 0 Å². The molecule has 0 saturated carbocycles. The van der Waals surface area contributed by atoms with Gasteiger partial charge < -0.3 is 28.4 Å². The highest BCUT2D eigenvalue weighted by Crippen LogP contribution is 2.60. The molecule has 0 N–H and O–H groups in total. The van der Waals surface area contributed by atoms with Crippen LogP contribution in [0.4, 0.5) is 79.0 Å². The van der Waals surface area contributed by atoms with Crippen LogP contribution in [0.15, 0.2) is 18.2 Å². The molecule has 1 aromatic rings. The summed E-state index contributed by atoms with van der Waals surface area (Å²) in [4.78, 5) is 0. The number of halogens is 18. The van der Waals surface area contributed by atoms with Gasteiger partial charge in [0.15, 0.2) is 0 Å². The Labute approximate surface area is 255 Å². The van der Waals surface area contributed by atoms with Crippen LogP contribution in [0.1, 0.15) is 16.7 Å². The third-order valence-corrected chi connectivity index (χ3v) is 7.21. The molecule has 3 aliphatic heterocycles. The third-order valence-electron chi connectivity index (χ3n) is 7.21. The summed E-state index contributed by atoms with van der Waals surface area (Å²) in [5.74, 6) is 0. The molecule has 0 aliphatic carbocycles. The van der Waals surface area contributed by atoms with E-state index in [-0.39, 0.29) is 0 Å². The molecule has 4 rings (SSSR count). The lowest BCUT2D eigenvalue weighted by Crippen LogP contribution is -2.60. The summed E-state index contributed by atoms with van der Waals surface area (Å²) >= 11 is 0. The van der Waals surface area contributed by atoms with E-state index in [1.54, 1.807) is 0 Å². The Kier molecular flexibility index (Phi) is 9.56. The Hall–Kier alpha value is -2.28. The number of epoxide rings is 3. The predicted molar refractivity (Wildman–Crippen MR) is 115 cm³/mol. The number of hydrogen-bond acceptors (Lipinski definition) is 6. The Morgan fingerprint density at radius 3 is 0.688 bits per heavy atom. The first kappa shape index (κ1) is 38.5. The topological polar surface area (TPSA) is 65.3 Å². The Morgan fingerprint density at radius 1 is 0.396 bits per heavy atom. The van der Waals surface area contributed by atoms with Crippen molar-refractivity contribution in [3.8, 4) is 0 Å². The van der Waals surface area contributed by atoms with Gasteiger partial charge in [0, 0.05) is 16.7 Å². The van der Waals surface area contributed by atoms with Crippen molar-refractivity contribution in [1.29, 1.82) is 0 Å². The molecular formula is C24H18F18O6. The highest BCUT2D eigenvalue weighted by molar-refractivity contribution is 5.44. The summed E-state index contributed by atoms with van der Waals surface area (Å²) < 4.78 is 286. The van der Waals surface area contributed by atoms with E-state index in [1.165, 1.54) is 0 Å². The number of benzene rings is 1. The lowest BCUT2D eigenvalue weighted by atomic mass is 9.79. The van der Waals surface area contributed by atoms with E-state index < -0.39 is 147 Å². The van der Waals surface area contributed by atoms with Crippen molar-refractivity contribution >= 4 is 0 Å². The SMILES string of the molecule is FC(F)(F)C(OCC1CO1)(c1cc(C(OCC2CO2)(C(F)(F)F)C(F)(F)F)cc(C(OCC2CO2)(C(F)(F)F)C(F)(F)F)c1)C(F)(F)F. The summed E-state index contributed by atoms with van der Waals surface area (Å²) in [7, 11) is 0. The summed E-state index contributed by atoms with van der Waals surface area (Å²) in [5, 5.41) is 0. The van der Waals surface area contributed by atoms with Crippen molar-refractivity contribution in [2.24, 2.45) is 0 Å². The first-order chi connectivity index (χ1) is 21.6. The average Bonchev–Trinajstić information content (AvgIpc) is 3.72. The highest BCUT2D eigenvalue weighted by atomic mass is 19.4. The highest BCUT2D eigenvalue weighted by Gasteiger charge is 2.79. The minimum atomic E-state index is -7.03. The minimum Gasteiger partial charge on any atom is -0.371 e. The normalized spacial score (nSPS) is 23.0. The summed E-state index contributed by atoms with van der Waals surface area (Å²) in [6.07, 6.45) is -46.9. The zero-order valence-electron chi connectivity index (χ0n) is 23.0.